The van der Waals surface area contributed by atoms with Crippen LogP contribution in [0.3, 0.4) is 0 Å². The SMILES string of the molecule is C[C@@H](CCN1CCOCC1)NC(=O)OC(C)(C)C. The molecule has 1 rings (SSSR count). The van der Waals surface area contributed by atoms with Crippen molar-refractivity contribution < 1.29 is 14.3 Å². The molecule has 0 aromatic carbocycles. The fourth-order valence-corrected chi connectivity index (χ4v) is 1.78. The summed E-state index contributed by atoms with van der Waals surface area (Å²) in [5, 5.41) is 2.86. The number of nitrogens with zero attached hydrogens (tertiary/aromatic N) is 1. The van der Waals surface area contributed by atoms with E-state index in [2.05, 4.69) is 10.2 Å². The molecule has 5 heteroatoms. The number of ether oxygens (including phenoxy) is 2. The van der Waals surface area contributed by atoms with Crippen molar-refractivity contribution in [2.24, 2.45) is 0 Å². The molecular formula is C13H26N2O3. The van der Waals surface area contributed by atoms with Crippen molar-refractivity contribution in [3.63, 3.8) is 0 Å². The van der Waals surface area contributed by atoms with E-state index in [0.717, 1.165) is 39.3 Å². The van der Waals surface area contributed by atoms with Gasteiger partial charge in [0.25, 0.3) is 0 Å². The van der Waals surface area contributed by atoms with E-state index in [9.17, 15) is 4.79 Å². The Kier molecular flexibility index (Phi) is 5.88. The van der Waals surface area contributed by atoms with Crippen LogP contribution in [0, 0.1) is 0 Å². The molecule has 0 aromatic heterocycles. The van der Waals surface area contributed by atoms with Crippen LogP contribution < -0.4 is 5.32 Å². The van der Waals surface area contributed by atoms with Gasteiger partial charge in [-0.1, -0.05) is 0 Å². The molecule has 0 radical (unpaired) electrons. The Balaban J connectivity index is 2.16. The zero-order valence-corrected chi connectivity index (χ0v) is 12.0. The average molecular weight is 258 g/mol. The third kappa shape index (κ3) is 6.81. The van der Waals surface area contributed by atoms with Crippen LogP contribution in [0.5, 0.6) is 0 Å². The second-order valence-electron chi connectivity index (χ2n) is 5.79. The molecule has 1 aliphatic heterocycles. The van der Waals surface area contributed by atoms with Crippen LogP contribution in [0.15, 0.2) is 0 Å². The van der Waals surface area contributed by atoms with E-state index in [0.29, 0.717) is 0 Å². The second-order valence-corrected chi connectivity index (χ2v) is 5.79. The summed E-state index contributed by atoms with van der Waals surface area (Å²) in [6.07, 6.45) is 0.594. The lowest BCUT2D eigenvalue weighted by Crippen LogP contribution is -2.41. The molecule has 1 amide bonds. The van der Waals surface area contributed by atoms with Gasteiger partial charge in [-0.3, -0.25) is 4.90 Å². The number of carbonyl (C=O) groups excluding carboxylic acids is 1. The van der Waals surface area contributed by atoms with Crippen molar-refractivity contribution in [1.82, 2.24) is 10.2 Å². The molecule has 1 N–H and O–H groups in total. The summed E-state index contributed by atoms with van der Waals surface area (Å²) in [6, 6.07) is 0.127. The molecule has 1 fully saturated rings. The van der Waals surface area contributed by atoms with Gasteiger partial charge in [0.05, 0.1) is 13.2 Å². The van der Waals surface area contributed by atoms with Crippen molar-refractivity contribution in [3.8, 4) is 0 Å². The molecular weight excluding hydrogens is 232 g/mol. The van der Waals surface area contributed by atoms with Gasteiger partial charge >= 0.3 is 6.09 Å². The van der Waals surface area contributed by atoms with Crippen molar-refractivity contribution >= 4 is 6.09 Å². The number of hydrogen-bond donors (Lipinski definition) is 1. The number of hydrogen-bond acceptors (Lipinski definition) is 4. The van der Waals surface area contributed by atoms with Crippen molar-refractivity contribution in [1.29, 1.82) is 0 Å². The Hall–Kier alpha value is -0.810. The number of nitrogens with one attached hydrogen (secondary N) is 1. The maximum absolute atomic E-state index is 11.6. The Labute approximate surface area is 110 Å². The lowest BCUT2D eigenvalue weighted by Gasteiger charge is -2.28. The number of amides is 1. The first-order chi connectivity index (χ1) is 8.37. The molecule has 1 aliphatic rings. The van der Waals surface area contributed by atoms with Gasteiger partial charge in [0.15, 0.2) is 0 Å². The molecule has 0 unspecified atom stereocenters. The van der Waals surface area contributed by atoms with Crippen LogP contribution in [-0.2, 0) is 9.47 Å². The predicted octanol–water partition coefficient (Wildman–Crippen LogP) is 1.62. The molecule has 0 bridgehead atoms. The van der Waals surface area contributed by atoms with E-state index in [1.165, 1.54) is 0 Å². The maximum atomic E-state index is 11.6. The molecule has 1 atom stereocenters. The lowest BCUT2D eigenvalue weighted by atomic mass is 10.2. The Morgan fingerprint density at radius 3 is 2.56 bits per heavy atom. The highest BCUT2D eigenvalue weighted by molar-refractivity contribution is 5.67. The van der Waals surface area contributed by atoms with Gasteiger partial charge in [-0.25, -0.2) is 4.79 Å². The van der Waals surface area contributed by atoms with Crippen LogP contribution in [0.4, 0.5) is 4.79 Å². The first kappa shape index (κ1) is 15.2. The topological polar surface area (TPSA) is 50.8 Å². The van der Waals surface area contributed by atoms with Gasteiger partial charge in [-0.15, -0.1) is 0 Å². The fourth-order valence-electron chi connectivity index (χ4n) is 1.78. The summed E-state index contributed by atoms with van der Waals surface area (Å²) in [6.45, 7) is 12.2. The van der Waals surface area contributed by atoms with Crippen molar-refractivity contribution in [2.75, 3.05) is 32.8 Å². The molecule has 0 spiro atoms. The van der Waals surface area contributed by atoms with E-state index < -0.39 is 5.60 Å². The summed E-state index contributed by atoms with van der Waals surface area (Å²) in [5.41, 5.74) is -0.436. The van der Waals surface area contributed by atoms with Crippen molar-refractivity contribution in [2.45, 2.75) is 45.8 Å². The van der Waals surface area contributed by atoms with E-state index in [1.807, 2.05) is 27.7 Å². The highest BCUT2D eigenvalue weighted by atomic mass is 16.6. The van der Waals surface area contributed by atoms with Crippen LogP contribution in [0.1, 0.15) is 34.1 Å². The number of morpholine rings is 1. The summed E-state index contributed by atoms with van der Waals surface area (Å²) in [5.74, 6) is 0. The second kappa shape index (κ2) is 6.95. The summed E-state index contributed by atoms with van der Waals surface area (Å²) in [4.78, 5) is 13.9. The summed E-state index contributed by atoms with van der Waals surface area (Å²) in [7, 11) is 0. The lowest BCUT2D eigenvalue weighted by molar-refractivity contribution is 0.0346. The van der Waals surface area contributed by atoms with Gasteiger partial charge in [-0.2, -0.15) is 0 Å². The highest BCUT2D eigenvalue weighted by Crippen LogP contribution is 2.07. The third-order valence-electron chi connectivity index (χ3n) is 2.75. The number of alkyl carbamates (subject to hydrolysis) is 1. The van der Waals surface area contributed by atoms with Gasteiger partial charge in [0.2, 0.25) is 0 Å². The van der Waals surface area contributed by atoms with Gasteiger partial charge in [0, 0.05) is 25.7 Å². The maximum Gasteiger partial charge on any atom is 0.407 e. The molecule has 5 nitrogen and oxygen atoms in total. The number of carbonyl (C=O) groups is 1. The fraction of sp³-hybridized carbons (Fsp3) is 0.923. The minimum atomic E-state index is -0.436. The largest absolute Gasteiger partial charge is 0.444 e. The van der Waals surface area contributed by atoms with Crippen LogP contribution in [0.2, 0.25) is 0 Å². The molecule has 0 aromatic rings. The summed E-state index contributed by atoms with van der Waals surface area (Å²) < 4.78 is 10.5. The monoisotopic (exact) mass is 258 g/mol. The minimum Gasteiger partial charge on any atom is -0.444 e. The van der Waals surface area contributed by atoms with E-state index in [4.69, 9.17) is 9.47 Å². The van der Waals surface area contributed by atoms with Gasteiger partial charge < -0.3 is 14.8 Å². The van der Waals surface area contributed by atoms with E-state index in [1.54, 1.807) is 0 Å². The van der Waals surface area contributed by atoms with E-state index >= 15 is 0 Å². The zero-order chi connectivity index (χ0) is 13.6. The molecule has 1 heterocycles. The standard InChI is InChI=1S/C13H26N2O3/c1-11(14-12(16)18-13(2,3)4)5-6-15-7-9-17-10-8-15/h11H,5-10H2,1-4H3,(H,14,16)/t11-/m0/s1. The van der Waals surface area contributed by atoms with Crippen molar-refractivity contribution in [3.05, 3.63) is 0 Å². The third-order valence-corrected chi connectivity index (χ3v) is 2.75. The molecule has 1 saturated heterocycles. The van der Waals surface area contributed by atoms with Crippen LogP contribution in [-0.4, -0.2) is 55.5 Å². The van der Waals surface area contributed by atoms with Gasteiger partial charge in [0.1, 0.15) is 5.60 Å². The highest BCUT2D eigenvalue weighted by Gasteiger charge is 2.18. The smallest absolute Gasteiger partial charge is 0.407 e. The van der Waals surface area contributed by atoms with E-state index in [-0.39, 0.29) is 12.1 Å². The Bertz CT molecular complexity index is 257. The predicted molar refractivity (Wildman–Crippen MR) is 70.7 cm³/mol. The van der Waals surface area contributed by atoms with Crippen LogP contribution >= 0.6 is 0 Å². The first-order valence-corrected chi connectivity index (χ1v) is 6.66. The zero-order valence-electron chi connectivity index (χ0n) is 12.0. The number of rotatable bonds is 4. The normalized spacial score (nSPS) is 19.3. The molecule has 0 saturated carbocycles. The van der Waals surface area contributed by atoms with Crippen LogP contribution in [0.25, 0.3) is 0 Å². The molecule has 106 valence electrons. The first-order valence-electron chi connectivity index (χ1n) is 6.66. The molecule has 18 heavy (non-hydrogen) atoms. The Morgan fingerprint density at radius 1 is 1.39 bits per heavy atom. The summed E-state index contributed by atoms with van der Waals surface area (Å²) >= 11 is 0. The Morgan fingerprint density at radius 2 is 2.00 bits per heavy atom. The average Bonchev–Trinajstić information content (AvgIpc) is 2.25. The van der Waals surface area contributed by atoms with Gasteiger partial charge in [-0.05, 0) is 34.1 Å². The molecule has 0 aliphatic carbocycles. The minimum absolute atomic E-state index is 0.127. The quantitative estimate of drug-likeness (QED) is 0.832.